The molecule has 7 nitrogen and oxygen atoms in total. The summed E-state index contributed by atoms with van der Waals surface area (Å²) in [6.07, 6.45) is -1.93. The number of fused-ring (bicyclic) bond motifs is 2. The minimum Gasteiger partial charge on any atom is -0.365 e. The van der Waals surface area contributed by atoms with E-state index in [0.29, 0.717) is 41.1 Å². The average Bonchev–Trinajstić information content (AvgIpc) is 3.49. The Morgan fingerprint density at radius 3 is 2.66 bits per heavy atom. The maximum Gasteiger partial charge on any atom is 0.417 e. The van der Waals surface area contributed by atoms with Gasteiger partial charge in [0.2, 0.25) is 0 Å². The van der Waals surface area contributed by atoms with Crippen molar-refractivity contribution in [3.63, 3.8) is 0 Å². The summed E-state index contributed by atoms with van der Waals surface area (Å²) in [4.78, 5) is 23.4. The number of alkyl halides is 3. The first-order chi connectivity index (χ1) is 15.3. The summed E-state index contributed by atoms with van der Waals surface area (Å²) >= 11 is 0. The molecule has 2 fully saturated rings. The zero-order valence-electron chi connectivity index (χ0n) is 17.1. The quantitative estimate of drug-likeness (QED) is 0.652. The molecule has 1 amide bonds. The van der Waals surface area contributed by atoms with Gasteiger partial charge in [-0.25, -0.2) is 4.98 Å². The summed E-state index contributed by atoms with van der Waals surface area (Å²) in [5.41, 5.74) is 0.269. The van der Waals surface area contributed by atoms with Crippen LogP contribution in [0.4, 0.5) is 19.0 Å². The summed E-state index contributed by atoms with van der Waals surface area (Å²) in [5, 5.41) is 7.03. The first kappa shape index (κ1) is 20.5. The van der Waals surface area contributed by atoms with Gasteiger partial charge in [-0.15, -0.1) is 0 Å². The Kier molecular flexibility index (Phi) is 4.87. The maximum absolute atomic E-state index is 13.5. The van der Waals surface area contributed by atoms with Gasteiger partial charge in [-0.3, -0.25) is 4.79 Å². The molecular weight excluding hydrogens is 423 g/mol. The van der Waals surface area contributed by atoms with E-state index in [1.54, 1.807) is 25.1 Å². The second-order valence-electron chi connectivity index (χ2n) is 8.24. The minimum absolute atomic E-state index is 0.0749. The Labute approximate surface area is 181 Å². The Hall–Kier alpha value is -3.43. The van der Waals surface area contributed by atoms with E-state index in [0.717, 1.165) is 25.1 Å². The fourth-order valence-electron chi connectivity index (χ4n) is 4.67. The molecule has 3 atom stereocenters. The van der Waals surface area contributed by atoms with Crippen LogP contribution < -0.4 is 5.32 Å². The van der Waals surface area contributed by atoms with Gasteiger partial charge in [-0.1, -0.05) is 17.3 Å². The van der Waals surface area contributed by atoms with Crippen molar-refractivity contribution in [3.8, 4) is 11.5 Å². The lowest BCUT2D eigenvalue weighted by molar-refractivity contribution is -0.137. The molecule has 1 aliphatic carbocycles. The molecule has 32 heavy (non-hydrogen) atoms. The van der Waals surface area contributed by atoms with Gasteiger partial charge in [0.05, 0.1) is 22.7 Å². The number of amides is 1. The van der Waals surface area contributed by atoms with Gasteiger partial charge >= 0.3 is 6.18 Å². The van der Waals surface area contributed by atoms with Crippen molar-refractivity contribution in [3.05, 3.63) is 59.5 Å². The van der Waals surface area contributed by atoms with E-state index in [1.807, 2.05) is 11.0 Å². The number of anilines is 1. The normalized spacial score (nSPS) is 22.4. The number of nitrogens with one attached hydrogen (secondary N) is 1. The molecule has 10 heteroatoms. The fraction of sp³-hybridized carbons (Fsp3) is 0.364. The van der Waals surface area contributed by atoms with Crippen molar-refractivity contribution in [2.75, 3.05) is 11.9 Å². The lowest BCUT2D eigenvalue weighted by Gasteiger charge is -2.34. The van der Waals surface area contributed by atoms with Crippen molar-refractivity contribution >= 4 is 11.7 Å². The van der Waals surface area contributed by atoms with Crippen molar-refractivity contribution in [1.29, 1.82) is 0 Å². The Bertz CT molecular complexity index is 1140. The number of pyridine rings is 1. The van der Waals surface area contributed by atoms with Crippen LogP contribution in [0.15, 0.2) is 47.1 Å². The van der Waals surface area contributed by atoms with Crippen molar-refractivity contribution in [1.82, 2.24) is 20.0 Å². The van der Waals surface area contributed by atoms with Gasteiger partial charge in [0.15, 0.2) is 5.82 Å². The SMILES string of the molecule is Cc1noc(-c2ccccc2C(=O)N2C[C@@H]3C[C@@H](Nc4ccc(C(F)(F)F)cn4)[C@@H]2C3)n1. The molecule has 0 spiro atoms. The van der Waals surface area contributed by atoms with E-state index in [4.69, 9.17) is 4.52 Å². The molecule has 2 aromatic heterocycles. The van der Waals surface area contributed by atoms with Crippen LogP contribution in [0.25, 0.3) is 11.5 Å². The lowest BCUT2D eigenvalue weighted by Crippen LogP contribution is -2.47. The Morgan fingerprint density at radius 2 is 2.00 bits per heavy atom. The molecular formula is C22H20F3N5O2. The topological polar surface area (TPSA) is 84.2 Å². The fourth-order valence-corrected chi connectivity index (χ4v) is 4.67. The summed E-state index contributed by atoms with van der Waals surface area (Å²) in [7, 11) is 0. The van der Waals surface area contributed by atoms with Gasteiger partial charge in [-0.05, 0) is 49.9 Å². The highest BCUT2D eigenvalue weighted by Gasteiger charge is 2.47. The van der Waals surface area contributed by atoms with Crippen LogP contribution in [0.5, 0.6) is 0 Å². The number of piperidine rings is 1. The van der Waals surface area contributed by atoms with Crippen molar-refractivity contribution in [2.24, 2.45) is 5.92 Å². The van der Waals surface area contributed by atoms with E-state index in [-0.39, 0.29) is 18.0 Å². The molecule has 0 radical (unpaired) electrons. The summed E-state index contributed by atoms with van der Waals surface area (Å²) in [6, 6.07) is 9.29. The summed E-state index contributed by atoms with van der Waals surface area (Å²) < 4.78 is 43.6. The molecule has 3 heterocycles. The highest BCUT2D eigenvalue weighted by Crippen LogP contribution is 2.40. The van der Waals surface area contributed by atoms with Gasteiger partial charge in [-0.2, -0.15) is 18.2 Å². The van der Waals surface area contributed by atoms with Crippen LogP contribution in [0.1, 0.15) is 34.6 Å². The maximum atomic E-state index is 13.5. The molecule has 3 aromatic rings. The van der Waals surface area contributed by atoms with E-state index >= 15 is 0 Å². The molecule has 5 rings (SSSR count). The van der Waals surface area contributed by atoms with Gasteiger partial charge < -0.3 is 14.7 Å². The number of aromatic nitrogens is 3. The third-order valence-corrected chi connectivity index (χ3v) is 6.08. The van der Waals surface area contributed by atoms with Crippen LogP contribution in [0.2, 0.25) is 0 Å². The number of rotatable bonds is 4. The highest BCUT2D eigenvalue weighted by atomic mass is 19.4. The smallest absolute Gasteiger partial charge is 0.365 e. The summed E-state index contributed by atoms with van der Waals surface area (Å²) in [5.74, 6) is 1.34. The van der Waals surface area contributed by atoms with Gasteiger partial charge in [0.1, 0.15) is 5.82 Å². The number of nitrogens with zero attached hydrogens (tertiary/aromatic N) is 4. The Balaban J connectivity index is 1.35. The predicted octanol–water partition coefficient (Wildman–Crippen LogP) is 4.17. The molecule has 2 aliphatic rings. The van der Waals surface area contributed by atoms with Crippen LogP contribution >= 0.6 is 0 Å². The Morgan fingerprint density at radius 1 is 1.19 bits per heavy atom. The van der Waals surface area contributed by atoms with E-state index < -0.39 is 11.7 Å². The molecule has 1 saturated heterocycles. The van der Waals surface area contributed by atoms with E-state index in [1.165, 1.54) is 6.07 Å². The first-order valence-corrected chi connectivity index (χ1v) is 10.3. The molecule has 2 bridgehead atoms. The number of benzene rings is 1. The first-order valence-electron chi connectivity index (χ1n) is 10.3. The summed E-state index contributed by atoms with van der Waals surface area (Å²) in [6.45, 7) is 2.35. The van der Waals surface area contributed by atoms with Crippen LogP contribution in [-0.4, -0.2) is 44.6 Å². The van der Waals surface area contributed by atoms with Crippen LogP contribution in [0, 0.1) is 12.8 Å². The molecule has 0 unspecified atom stereocenters. The average molecular weight is 443 g/mol. The van der Waals surface area contributed by atoms with E-state index in [9.17, 15) is 18.0 Å². The van der Waals surface area contributed by atoms with Crippen molar-refractivity contribution < 1.29 is 22.5 Å². The number of aryl methyl sites for hydroxylation is 1. The number of hydrogen-bond acceptors (Lipinski definition) is 6. The third-order valence-electron chi connectivity index (χ3n) is 6.08. The second kappa shape index (κ2) is 7.61. The van der Waals surface area contributed by atoms with Gasteiger partial charge in [0, 0.05) is 18.8 Å². The number of carbonyl (C=O) groups is 1. The number of hydrogen-bond donors (Lipinski definition) is 1. The molecule has 1 aromatic carbocycles. The molecule has 166 valence electrons. The minimum atomic E-state index is -4.43. The second-order valence-corrected chi connectivity index (χ2v) is 8.24. The van der Waals surface area contributed by atoms with Crippen LogP contribution in [-0.2, 0) is 6.18 Å². The standard InChI is InChI=1S/C22H20F3N5O2/c1-12-27-20(32-29-12)15-4-2-3-5-16(15)21(31)30-11-13-8-17(18(30)9-13)28-19-7-6-14(10-26-19)22(23,24)25/h2-7,10,13,17-18H,8-9,11H2,1H3,(H,26,28)/t13-,17-,18+/m1/s1. The predicted molar refractivity (Wildman–Crippen MR) is 109 cm³/mol. The van der Waals surface area contributed by atoms with E-state index in [2.05, 4.69) is 20.4 Å². The third kappa shape index (κ3) is 3.69. The molecule has 1 aliphatic heterocycles. The largest absolute Gasteiger partial charge is 0.417 e. The van der Waals surface area contributed by atoms with Gasteiger partial charge in [0.25, 0.3) is 11.8 Å². The number of halogens is 3. The zero-order valence-corrected chi connectivity index (χ0v) is 17.1. The number of carbonyl (C=O) groups excluding carboxylic acids is 1. The zero-order chi connectivity index (χ0) is 22.5. The number of likely N-dealkylation sites (tertiary alicyclic amines) is 1. The molecule has 1 saturated carbocycles. The highest BCUT2D eigenvalue weighted by molar-refractivity contribution is 6.00. The monoisotopic (exact) mass is 443 g/mol. The lowest BCUT2D eigenvalue weighted by atomic mass is 10.0. The molecule has 1 N–H and O–H groups in total. The van der Waals surface area contributed by atoms with Crippen molar-refractivity contribution in [2.45, 2.75) is 38.0 Å². The van der Waals surface area contributed by atoms with Crippen LogP contribution in [0.3, 0.4) is 0 Å².